The number of carbonyl (C=O) groups is 1. The highest BCUT2D eigenvalue weighted by Gasteiger charge is 2.33. The van der Waals surface area contributed by atoms with E-state index in [1.54, 1.807) is 0 Å². The van der Waals surface area contributed by atoms with Gasteiger partial charge in [0.15, 0.2) is 0 Å². The first-order valence-corrected chi connectivity index (χ1v) is 11.7. The number of aryl methyl sites for hydroxylation is 1. The van der Waals surface area contributed by atoms with Crippen LogP contribution in [0.25, 0.3) is 21.8 Å². The van der Waals surface area contributed by atoms with Crippen LogP contribution in [0.5, 0.6) is 0 Å². The number of benzene rings is 2. The molecule has 2 heterocycles. The SMILES string of the molecule is CCn1c2ccccc2c2cc(NC(=O)[C@@H]3CCCN(S(=O)(=O)N(C)C)C3)ccc21. The molecule has 0 radical (unpaired) electrons. The molecule has 0 spiro atoms. The topological polar surface area (TPSA) is 74.6 Å². The van der Waals surface area contributed by atoms with E-state index >= 15 is 0 Å². The Morgan fingerprint density at radius 1 is 1.13 bits per heavy atom. The zero-order valence-electron chi connectivity index (χ0n) is 17.6. The Morgan fingerprint density at radius 3 is 2.60 bits per heavy atom. The molecule has 7 nitrogen and oxygen atoms in total. The number of nitrogens with zero attached hydrogens (tertiary/aromatic N) is 3. The second kappa shape index (κ2) is 8.02. The number of amides is 1. The number of fused-ring (bicyclic) bond motifs is 3. The minimum Gasteiger partial charge on any atom is -0.341 e. The summed E-state index contributed by atoms with van der Waals surface area (Å²) in [5.41, 5.74) is 3.05. The van der Waals surface area contributed by atoms with Gasteiger partial charge in [-0.15, -0.1) is 0 Å². The summed E-state index contributed by atoms with van der Waals surface area (Å²) in [6, 6.07) is 14.2. The molecular formula is C22H28N4O3S. The molecule has 1 fully saturated rings. The summed E-state index contributed by atoms with van der Waals surface area (Å²) in [6.45, 7) is 3.66. The number of aromatic nitrogens is 1. The highest BCUT2D eigenvalue weighted by molar-refractivity contribution is 7.86. The molecule has 1 aliphatic rings. The minimum absolute atomic E-state index is 0.132. The first-order valence-electron chi connectivity index (χ1n) is 10.3. The average Bonchev–Trinajstić information content (AvgIpc) is 3.06. The molecule has 0 aliphatic carbocycles. The van der Waals surface area contributed by atoms with Crippen LogP contribution in [0, 0.1) is 5.92 Å². The third-order valence-corrected chi connectivity index (χ3v) is 7.81. The Morgan fingerprint density at radius 2 is 1.87 bits per heavy atom. The maximum atomic E-state index is 12.9. The van der Waals surface area contributed by atoms with Crippen molar-refractivity contribution in [3.05, 3.63) is 42.5 Å². The number of nitrogens with one attached hydrogen (secondary N) is 1. The number of hydrogen-bond donors (Lipinski definition) is 1. The van der Waals surface area contributed by atoms with E-state index in [0.717, 1.165) is 28.5 Å². The van der Waals surface area contributed by atoms with Gasteiger partial charge in [-0.25, -0.2) is 0 Å². The largest absolute Gasteiger partial charge is 0.341 e. The summed E-state index contributed by atoms with van der Waals surface area (Å²) in [7, 11) is -0.479. The van der Waals surface area contributed by atoms with Crippen LogP contribution < -0.4 is 5.32 Å². The van der Waals surface area contributed by atoms with Gasteiger partial charge in [0.2, 0.25) is 5.91 Å². The number of para-hydroxylation sites is 1. The lowest BCUT2D eigenvalue weighted by atomic mass is 9.98. The molecule has 0 unspecified atom stereocenters. The molecule has 1 aliphatic heterocycles. The number of hydrogen-bond acceptors (Lipinski definition) is 3. The summed E-state index contributed by atoms with van der Waals surface area (Å²) in [5.74, 6) is -0.492. The van der Waals surface area contributed by atoms with Crippen molar-refractivity contribution in [1.29, 1.82) is 0 Å². The van der Waals surface area contributed by atoms with Crippen LogP contribution in [0.3, 0.4) is 0 Å². The number of piperidine rings is 1. The monoisotopic (exact) mass is 428 g/mol. The molecule has 1 atom stereocenters. The normalized spacial score (nSPS) is 18.3. The Kier molecular flexibility index (Phi) is 5.57. The molecule has 4 rings (SSSR count). The van der Waals surface area contributed by atoms with E-state index in [9.17, 15) is 13.2 Å². The first-order chi connectivity index (χ1) is 14.3. The molecule has 8 heteroatoms. The standard InChI is InChI=1S/C22H28N4O3S/c1-4-26-20-10-6-5-9-18(20)19-14-17(11-12-21(19)26)23-22(27)16-8-7-13-25(15-16)30(28,29)24(2)3/h5-6,9-12,14,16H,4,7-8,13,15H2,1-3H3,(H,23,27)/t16-/m1/s1. The zero-order chi connectivity index (χ0) is 21.5. The van der Waals surface area contributed by atoms with E-state index in [1.807, 2.05) is 30.3 Å². The van der Waals surface area contributed by atoms with Gasteiger partial charge in [0.25, 0.3) is 10.2 Å². The molecule has 0 bridgehead atoms. The van der Waals surface area contributed by atoms with Gasteiger partial charge in [0.05, 0.1) is 5.92 Å². The fourth-order valence-electron chi connectivity index (χ4n) is 4.31. The van der Waals surface area contributed by atoms with Gasteiger partial charge < -0.3 is 9.88 Å². The van der Waals surface area contributed by atoms with E-state index in [0.29, 0.717) is 19.4 Å². The molecule has 1 amide bonds. The molecule has 160 valence electrons. The quantitative estimate of drug-likeness (QED) is 0.678. The van der Waals surface area contributed by atoms with Crippen LogP contribution in [-0.2, 0) is 21.5 Å². The van der Waals surface area contributed by atoms with Crippen LogP contribution in [0.1, 0.15) is 19.8 Å². The molecule has 30 heavy (non-hydrogen) atoms. The van der Waals surface area contributed by atoms with Gasteiger partial charge in [-0.3, -0.25) is 4.79 Å². The minimum atomic E-state index is -3.51. The predicted molar refractivity (Wildman–Crippen MR) is 121 cm³/mol. The third kappa shape index (κ3) is 3.59. The second-order valence-corrected chi connectivity index (χ2v) is 10.1. The van der Waals surface area contributed by atoms with Crippen molar-refractivity contribution in [3.8, 4) is 0 Å². The third-order valence-electron chi connectivity index (χ3n) is 5.90. The fraction of sp³-hybridized carbons (Fsp3) is 0.409. The van der Waals surface area contributed by atoms with Crippen molar-refractivity contribution < 1.29 is 13.2 Å². The Bertz CT molecular complexity index is 1200. The van der Waals surface area contributed by atoms with Gasteiger partial charge in [-0.1, -0.05) is 18.2 Å². The van der Waals surface area contributed by atoms with E-state index in [-0.39, 0.29) is 18.4 Å². The summed E-state index contributed by atoms with van der Waals surface area (Å²) in [6.07, 6.45) is 1.36. The predicted octanol–water partition coefficient (Wildman–Crippen LogP) is 3.27. The highest BCUT2D eigenvalue weighted by atomic mass is 32.2. The van der Waals surface area contributed by atoms with Crippen LogP contribution in [0.4, 0.5) is 5.69 Å². The lowest BCUT2D eigenvalue weighted by Crippen LogP contribution is -2.47. The van der Waals surface area contributed by atoms with Gasteiger partial charge in [0, 0.05) is 61.2 Å². The van der Waals surface area contributed by atoms with Crippen molar-refractivity contribution in [2.45, 2.75) is 26.3 Å². The smallest absolute Gasteiger partial charge is 0.281 e. The maximum absolute atomic E-state index is 12.9. The van der Waals surface area contributed by atoms with E-state index in [4.69, 9.17) is 0 Å². The van der Waals surface area contributed by atoms with E-state index in [1.165, 1.54) is 28.2 Å². The van der Waals surface area contributed by atoms with Gasteiger partial charge in [-0.2, -0.15) is 17.0 Å². The lowest BCUT2D eigenvalue weighted by molar-refractivity contribution is -0.120. The number of rotatable bonds is 5. The van der Waals surface area contributed by atoms with Crippen molar-refractivity contribution in [1.82, 2.24) is 13.2 Å². The van der Waals surface area contributed by atoms with Crippen molar-refractivity contribution >= 4 is 43.6 Å². The number of anilines is 1. The van der Waals surface area contributed by atoms with Crippen molar-refractivity contribution in [3.63, 3.8) is 0 Å². The van der Waals surface area contributed by atoms with Crippen LogP contribution in [0.15, 0.2) is 42.5 Å². The average molecular weight is 429 g/mol. The Balaban J connectivity index is 1.58. The Hall–Kier alpha value is -2.42. The maximum Gasteiger partial charge on any atom is 0.281 e. The molecule has 0 saturated carbocycles. The van der Waals surface area contributed by atoms with Crippen LogP contribution in [0.2, 0.25) is 0 Å². The van der Waals surface area contributed by atoms with E-state index in [2.05, 4.69) is 28.9 Å². The summed E-state index contributed by atoms with van der Waals surface area (Å²) >= 11 is 0. The van der Waals surface area contributed by atoms with Gasteiger partial charge >= 0.3 is 0 Å². The van der Waals surface area contributed by atoms with Crippen molar-refractivity contribution in [2.75, 3.05) is 32.5 Å². The lowest BCUT2D eigenvalue weighted by Gasteiger charge is -2.32. The molecular weight excluding hydrogens is 400 g/mol. The van der Waals surface area contributed by atoms with Crippen LogP contribution >= 0.6 is 0 Å². The van der Waals surface area contributed by atoms with Gasteiger partial charge in [0.1, 0.15) is 0 Å². The molecule has 1 N–H and O–H groups in total. The second-order valence-electron chi connectivity index (χ2n) is 7.97. The first kappa shape index (κ1) is 20.8. The van der Waals surface area contributed by atoms with Crippen LogP contribution in [-0.4, -0.2) is 54.7 Å². The van der Waals surface area contributed by atoms with E-state index < -0.39 is 10.2 Å². The summed E-state index contributed by atoms with van der Waals surface area (Å²) < 4.78 is 29.7. The number of carbonyl (C=O) groups excluding carboxylic acids is 1. The highest BCUT2D eigenvalue weighted by Crippen LogP contribution is 2.31. The molecule has 3 aromatic rings. The molecule has 1 aromatic heterocycles. The zero-order valence-corrected chi connectivity index (χ0v) is 18.4. The summed E-state index contributed by atoms with van der Waals surface area (Å²) in [4.78, 5) is 12.9. The molecule has 1 saturated heterocycles. The Labute approximate surface area is 177 Å². The van der Waals surface area contributed by atoms with Crippen molar-refractivity contribution in [2.24, 2.45) is 5.92 Å². The van der Waals surface area contributed by atoms with Gasteiger partial charge in [-0.05, 0) is 44.0 Å². The fourth-order valence-corrected chi connectivity index (χ4v) is 5.50. The summed E-state index contributed by atoms with van der Waals surface area (Å²) in [5, 5.41) is 5.27. The molecule has 2 aromatic carbocycles.